The Morgan fingerprint density at radius 2 is 2.03 bits per heavy atom. The van der Waals surface area contributed by atoms with Gasteiger partial charge in [0.25, 0.3) is 0 Å². The van der Waals surface area contributed by atoms with E-state index in [1.54, 1.807) is 18.2 Å². The molecule has 1 unspecified atom stereocenters. The van der Waals surface area contributed by atoms with E-state index in [4.69, 9.17) is 27.9 Å². The molecule has 4 aromatic rings. The molecule has 7 nitrogen and oxygen atoms in total. The van der Waals surface area contributed by atoms with Crippen molar-refractivity contribution in [2.24, 2.45) is 0 Å². The average Bonchev–Trinajstić information content (AvgIpc) is 3.47. The minimum absolute atomic E-state index is 0.168. The molecule has 0 aliphatic carbocycles. The van der Waals surface area contributed by atoms with Crippen molar-refractivity contribution in [3.05, 3.63) is 68.8 Å². The van der Waals surface area contributed by atoms with Gasteiger partial charge in [-0.3, -0.25) is 4.79 Å². The van der Waals surface area contributed by atoms with Gasteiger partial charge >= 0.3 is 0 Å². The normalized spacial score (nSPS) is 11.9. The molecule has 0 radical (unpaired) electrons. The van der Waals surface area contributed by atoms with Gasteiger partial charge in [-0.1, -0.05) is 47.1 Å². The van der Waals surface area contributed by atoms with E-state index >= 15 is 0 Å². The van der Waals surface area contributed by atoms with Crippen molar-refractivity contribution in [1.29, 1.82) is 0 Å². The summed E-state index contributed by atoms with van der Waals surface area (Å²) in [5.74, 6) is 1.52. The second-order valence-electron chi connectivity index (χ2n) is 8.04. The van der Waals surface area contributed by atoms with Crippen LogP contribution in [0.25, 0.3) is 11.3 Å². The van der Waals surface area contributed by atoms with Gasteiger partial charge in [0.1, 0.15) is 5.75 Å². The fourth-order valence-corrected chi connectivity index (χ4v) is 5.58. The van der Waals surface area contributed by atoms with Crippen LogP contribution < -0.4 is 10.1 Å². The van der Waals surface area contributed by atoms with Gasteiger partial charge in [0.05, 0.1) is 16.5 Å². The van der Waals surface area contributed by atoms with E-state index in [9.17, 15) is 4.79 Å². The van der Waals surface area contributed by atoms with Crippen LogP contribution in [0.4, 0.5) is 5.13 Å². The van der Waals surface area contributed by atoms with Crippen molar-refractivity contribution in [2.75, 3.05) is 11.1 Å². The second kappa shape index (κ2) is 11.6. The van der Waals surface area contributed by atoms with Gasteiger partial charge in [-0.25, -0.2) is 4.98 Å². The fourth-order valence-electron chi connectivity index (χ4n) is 3.54. The van der Waals surface area contributed by atoms with Crippen LogP contribution in [-0.4, -0.2) is 31.4 Å². The number of halogens is 2. The number of carbonyl (C=O) groups is 1. The highest BCUT2D eigenvalue weighted by Gasteiger charge is 2.20. The smallest absolute Gasteiger partial charge is 0.236 e. The van der Waals surface area contributed by atoms with Crippen LogP contribution in [-0.2, 0) is 11.3 Å². The minimum atomic E-state index is -0.297. The van der Waals surface area contributed by atoms with E-state index in [2.05, 4.69) is 33.5 Å². The third-order valence-corrected chi connectivity index (χ3v) is 7.85. The van der Waals surface area contributed by atoms with Crippen LogP contribution in [0.15, 0.2) is 46.9 Å². The lowest BCUT2D eigenvalue weighted by Gasteiger charge is -2.17. The van der Waals surface area contributed by atoms with E-state index in [0.29, 0.717) is 38.4 Å². The number of anilines is 1. The molecule has 1 amide bonds. The maximum atomic E-state index is 12.6. The minimum Gasteiger partial charge on any atom is -0.482 e. The zero-order valence-corrected chi connectivity index (χ0v) is 23.4. The molecule has 1 atom stereocenters. The van der Waals surface area contributed by atoms with Crippen LogP contribution in [0.3, 0.4) is 0 Å². The number of aryl methyl sites for hydroxylation is 1. The molecule has 2 heterocycles. The van der Waals surface area contributed by atoms with Gasteiger partial charge in [0.15, 0.2) is 22.2 Å². The Morgan fingerprint density at radius 1 is 1.22 bits per heavy atom. The van der Waals surface area contributed by atoms with Gasteiger partial charge in [0, 0.05) is 22.5 Å². The Kier molecular flexibility index (Phi) is 8.56. The Hall–Kier alpha value is -2.59. The van der Waals surface area contributed by atoms with E-state index in [1.165, 1.54) is 28.7 Å². The highest BCUT2D eigenvalue weighted by molar-refractivity contribution is 7.99. The molecule has 1 N–H and O–H groups in total. The summed E-state index contributed by atoms with van der Waals surface area (Å²) in [5.41, 5.74) is 3.70. The second-order valence-corrected chi connectivity index (χ2v) is 10.7. The summed E-state index contributed by atoms with van der Waals surface area (Å²) in [6, 6.07) is 11.2. The summed E-state index contributed by atoms with van der Waals surface area (Å²) in [7, 11) is 0. The molecule has 0 bridgehead atoms. The Balaban J connectivity index is 1.38. The molecule has 11 heteroatoms. The first kappa shape index (κ1) is 26.5. The molecule has 2 aromatic carbocycles. The Bertz CT molecular complexity index is 1390. The standard InChI is InChI=1S/C25H25Cl2N5O2S2/c1-5-32-23(16(4)34-21-8-6-7-14(2)15(21)3)30-31-25(32)36-13-22(33)29-24-28-20(12-35-24)18-10-9-17(26)11-19(18)27/h6-12,16H,5,13H2,1-4H3,(H,28,29,33). The largest absolute Gasteiger partial charge is 0.482 e. The molecule has 0 aliphatic heterocycles. The Labute approximate surface area is 228 Å². The van der Waals surface area contributed by atoms with Gasteiger partial charge < -0.3 is 14.6 Å². The van der Waals surface area contributed by atoms with Gasteiger partial charge in [0.2, 0.25) is 5.91 Å². The van der Waals surface area contributed by atoms with E-state index < -0.39 is 0 Å². The van der Waals surface area contributed by atoms with Gasteiger partial charge in [-0.05, 0) is 63.1 Å². The maximum absolute atomic E-state index is 12.6. The number of amides is 1. The number of rotatable bonds is 9. The number of benzene rings is 2. The molecule has 188 valence electrons. The highest BCUT2D eigenvalue weighted by atomic mass is 35.5. The first-order valence-corrected chi connectivity index (χ1v) is 13.9. The van der Waals surface area contributed by atoms with Crippen molar-refractivity contribution < 1.29 is 9.53 Å². The van der Waals surface area contributed by atoms with Crippen LogP contribution in [0.2, 0.25) is 10.0 Å². The summed E-state index contributed by atoms with van der Waals surface area (Å²) >= 11 is 14.9. The Morgan fingerprint density at radius 3 is 2.78 bits per heavy atom. The lowest BCUT2D eigenvalue weighted by molar-refractivity contribution is -0.113. The predicted molar refractivity (Wildman–Crippen MR) is 148 cm³/mol. The number of carbonyl (C=O) groups excluding carboxylic acids is 1. The van der Waals surface area contributed by atoms with Gasteiger partial charge in [-0.15, -0.1) is 21.5 Å². The molecule has 0 saturated heterocycles. The van der Waals surface area contributed by atoms with E-state index in [-0.39, 0.29) is 17.8 Å². The molecule has 0 aliphatic rings. The molecule has 0 saturated carbocycles. The molecular formula is C25H25Cl2N5O2S2. The van der Waals surface area contributed by atoms with Crippen LogP contribution in [0.5, 0.6) is 5.75 Å². The monoisotopic (exact) mass is 561 g/mol. The van der Waals surface area contributed by atoms with E-state index in [1.807, 2.05) is 42.9 Å². The number of ether oxygens (including phenoxy) is 1. The SMILES string of the molecule is CCn1c(SCC(=O)Nc2nc(-c3ccc(Cl)cc3Cl)cs2)nnc1C(C)Oc1cccc(C)c1C. The number of hydrogen-bond acceptors (Lipinski definition) is 7. The molecule has 4 rings (SSSR count). The molecule has 36 heavy (non-hydrogen) atoms. The number of thiazole rings is 1. The average molecular weight is 563 g/mol. The van der Waals surface area contributed by atoms with E-state index in [0.717, 1.165) is 16.9 Å². The first-order valence-electron chi connectivity index (χ1n) is 11.3. The van der Waals surface area contributed by atoms with Gasteiger partial charge in [-0.2, -0.15) is 0 Å². The summed E-state index contributed by atoms with van der Waals surface area (Å²) in [4.78, 5) is 17.1. The quantitative estimate of drug-likeness (QED) is 0.217. The number of thioether (sulfide) groups is 1. The molecule has 2 aromatic heterocycles. The number of aromatic nitrogens is 4. The van der Waals surface area contributed by atoms with Crippen LogP contribution in [0, 0.1) is 13.8 Å². The fraction of sp³-hybridized carbons (Fsp3) is 0.280. The lowest BCUT2D eigenvalue weighted by atomic mass is 10.1. The molecule has 0 spiro atoms. The van der Waals surface area contributed by atoms with Crippen molar-refractivity contribution in [3.63, 3.8) is 0 Å². The van der Waals surface area contributed by atoms with Crippen molar-refractivity contribution >= 4 is 57.3 Å². The number of nitrogens with one attached hydrogen (secondary N) is 1. The maximum Gasteiger partial charge on any atom is 0.236 e. The molecule has 0 fully saturated rings. The summed E-state index contributed by atoms with van der Waals surface area (Å²) in [5, 5.41) is 15.6. The third-order valence-electron chi connectivity index (χ3n) is 5.57. The van der Waals surface area contributed by atoms with Crippen molar-refractivity contribution in [2.45, 2.75) is 45.5 Å². The van der Waals surface area contributed by atoms with Crippen LogP contribution in [0.1, 0.15) is 36.9 Å². The van der Waals surface area contributed by atoms with Crippen molar-refractivity contribution in [3.8, 4) is 17.0 Å². The zero-order valence-electron chi connectivity index (χ0n) is 20.2. The summed E-state index contributed by atoms with van der Waals surface area (Å²) in [6.45, 7) is 8.72. The summed E-state index contributed by atoms with van der Waals surface area (Å²) < 4.78 is 8.16. The zero-order chi connectivity index (χ0) is 25.8. The lowest BCUT2D eigenvalue weighted by Crippen LogP contribution is -2.15. The molecular weight excluding hydrogens is 537 g/mol. The number of nitrogens with zero attached hydrogens (tertiary/aromatic N) is 4. The predicted octanol–water partition coefficient (Wildman–Crippen LogP) is 7.22. The first-order chi connectivity index (χ1) is 17.3. The third kappa shape index (κ3) is 6.03. The van der Waals surface area contributed by atoms with Crippen LogP contribution >= 0.6 is 46.3 Å². The number of hydrogen-bond donors (Lipinski definition) is 1. The van der Waals surface area contributed by atoms with Crippen molar-refractivity contribution in [1.82, 2.24) is 19.7 Å². The topological polar surface area (TPSA) is 81.9 Å². The highest BCUT2D eigenvalue weighted by Crippen LogP contribution is 2.33. The summed E-state index contributed by atoms with van der Waals surface area (Å²) in [6.07, 6.45) is -0.297.